The topological polar surface area (TPSA) is 36.4 Å². The van der Waals surface area contributed by atoms with Crippen molar-refractivity contribution < 1.29 is 4.79 Å². The Kier molecular flexibility index (Phi) is 4.32. The lowest BCUT2D eigenvalue weighted by Gasteiger charge is -2.31. The Hall–Kier alpha value is -3.14. The lowest BCUT2D eigenvalue weighted by Crippen LogP contribution is -2.35. The van der Waals surface area contributed by atoms with E-state index in [9.17, 15) is 4.79 Å². The first kappa shape index (κ1) is 17.0. The monoisotopic (exact) mass is 369 g/mol. The fourth-order valence-electron chi connectivity index (χ4n) is 4.29. The highest BCUT2D eigenvalue weighted by molar-refractivity contribution is 6.06. The van der Waals surface area contributed by atoms with Gasteiger partial charge in [0.1, 0.15) is 5.82 Å². The van der Waals surface area contributed by atoms with Gasteiger partial charge in [0.15, 0.2) is 0 Å². The summed E-state index contributed by atoms with van der Waals surface area (Å²) in [7, 11) is 0. The van der Waals surface area contributed by atoms with E-state index in [1.165, 1.54) is 16.7 Å². The van der Waals surface area contributed by atoms with Gasteiger partial charge in [-0.3, -0.25) is 4.79 Å². The number of hydrogen-bond acceptors (Lipinski definition) is 3. The predicted octanol–water partition coefficient (Wildman–Crippen LogP) is 4.24. The van der Waals surface area contributed by atoms with Gasteiger partial charge < -0.3 is 9.80 Å². The molecule has 3 heterocycles. The third-order valence-electron chi connectivity index (χ3n) is 5.80. The molecule has 5 rings (SSSR count). The van der Waals surface area contributed by atoms with E-state index < -0.39 is 0 Å². The van der Waals surface area contributed by atoms with Crippen LogP contribution in [0.25, 0.3) is 0 Å². The number of carbonyl (C=O) groups excluding carboxylic acids is 1. The first-order chi connectivity index (χ1) is 13.8. The van der Waals surface area contributed by atoms with Crippen LogP contribution in [0.15, 0.2) is 66.9 Å². The molecule has 4 heteroatoms. The van der Waals surface area contributed by atoms with Gasteiger partial charge in [0, 0.05) is 31.5 Å². The lowest BCUT2D eigenvalue weighted by atomic mass is 10.00. The highest BCUT2D eigenvalue weighted by atomic mass is 16.2. The Morgan fingerprint density at radius 3 is 2.43 bits per heavy atom. The number of nitrogens with zero attached hydrogens (tertiary/aromatic N) is 3. The highest BCUT2D eigenvalue weighted by Gasteiger charge is 2.24. The first-order valence-electron chi connectivity index (χ1n) is 9.97. The van der Waals surface area contributed by atoms with Crippen molar-refractivity contribution in [2.45, 2.75) is 25.8 Å². The van der Waals surface area contributed by atoms with Crippen molar-refractivity contribution in [3.63, 3.8) is 0 Å². The fourth-order valence-corrected chi connectivity index (χ4v) is 4.29. The van der Waals surface area contributed by atoms with Crippen molar-refractivity contribution in [3.05, 3.63) is 89.1 Å². The number of fused-ring (bicyclic) bond motifs is 2. The molecule has 28 heavy (non-hydrogen) atoms. The largest absolute Gasteiger partial charge is 0.352 e. The van der Waals surface area contributed by atoms with Crippen LogP contribution in [0.1, 0.15) is 33.5 Å². The van der Waals surface area contributed by atoms with Crippen LogP contribution in [0.5, 0.6) is 0 Å². The van der Waals surface area contributed by atoms with Gasteiger partial charge in [0.25, 0.3) is 5.91 Å². The first-order valence-corrected chi connectivity index (χ1v) is 9.97. The highest BCUT2D eigenvalue weighted by Crippen LogP contribution is 2.28. The van der Waals surface area contributed by atoms with E-state index in [4.69, 9.17) is 0 Å². The number of rotatable bonds is 2. The average Bonchev–Trinajstić information content (AvgIpc) is 2.78. The fraction of sp³-hybridized carbons (Fsp3) is 0.250. The molecule has 3 aromatic rings. The molecule has 140 valence electrons. The summed E-state index contributed by atoms with van der Waals surface area (Å²) in [4.78, 5) is 21.9. The molecule has 0 spiro atoms. The molecule has 4 nitrogen and oxygen atoms in total. The summed E-state index contributed by atoms with van der Waals surface area (Å²) < 4.78 is 0. The molecular formula is C24H23N3O. The van der Waals surface area contributed by atoms with E-state index in [0.717, 1.165) is 50.4 Å². The molecule has 0 N–H and O–H groups in total. The minimum absolute atomic E-state index is 0.0372. The molecule has 2 aliphatic heterocycles. The quantitative estimate of drug-likeness (QED) is 0.678. The summed E-state index contributed by atoms with van der Waals surface area (Å²) in [5.41, 5.74) is 5.72. The number of pyridine rings is 1. The molecule has 0 bridgehead atoms. The molecule has 0 radical (unpaired) electrons. The van der Waals surface area contributed by atoms with Gasteiger partial charge in [-0.15, -0.1) is 0 Å². The standard InChI is InChI=1S/C24H23N3O/c28-24(27-14-5-9-19-7-3-4-10-22(19)27)20-11-12-23(25-16-20)26-15-13-18-6-1-2-8-21(18)17-26/h1-4,6-8,10-12,16H,5,9,13-15,17H2. The number of carbonyl (C=O) groups is 1. The van der Waals surface area contributed by atoms with Crippen LogP contribution in [-0.2, 0) is 19.4 Å². The maximum absolute atomic E-state index is 13.1. The van der Waals surface area contributed by atoms with Gasteiger partial charge >= 0.3 is 0 Å². The van der Waals surface area contributed by atoms with E-state index in [-0.39, 0.29) is 5.91 Å². The van der Waals surface area contributed by atoms with Gasteiger partial charge in [-0.05, 0) is 54.2 Å². The Labute approximate surface area is 165 Å². The third-order valence-corrected chi connectivity index (χ3v) is 5.80. The zero-order chi connectivity index (χ0) is 18.9. The molecule has 0 aliphatic carbocycles. The summed E-state index contributed by atoms with van der Waals surface area (Å²) in [5.74, 6) is 0.972. The zero-order valence-corrected chi connectivity index (χ0v) is 15.8. The molecule has 0 unspecified atom stereocenters. The van der Waals surface area contributed by atoms with Crippen LogP contribution >= 0.6 is 0 Å². The summed E-state index contributed by atoms with van der Waals surface area (Å²) in [6.45, 7) is 2.59. The summed E-state index contributed by atoms with van der Waals surface area (Å²) >= 11 is 0. The van der Waals surface area contributed by atoms with Crippen LogP contribution in [0.3, 0.4) is 0 Å². The minimum Gasteiger partial charge on any atom is -0.352 e. The predicted molar refractivity (Wildman–Crippen MR) is 112 cm³/mol. The Morgan fingerprint density at radius 2 is 1.61 bits per heavy atom. The van der Waals surface area contributed by atoms with E-state index in [0.29, 0.717) is 5.56 Å². The SMILES string of the molecule is O=C(c1ccc(N2CCc3ccccc3C2)nc1)N1CCCc2ccccc21. The smallest absolute Gasteiger partial charge is 0.259 e. The summed E-state index contributed by atoms with van der Waals surface area (Å²) in [5, 5.41) is 0. The van der Waals surface area contributed by atoms with Gasteiger partial charge in [-0.25, -0.2) is 4.98 Å². The molecular weight excluding hydrogens is 346 g/mol. The molecule has 2 aromatic carbocycles. The molecule has 0 saturated heterocycles. The van der Waals surface area contributed by atoms with Crippen molar-refractivity contribution in [1.29, 1.82) is 0 Å². The van der Waals surface area contributed by atoms with Crippen LogP contribution in [0.2, 0.25) is 0 Å². The third kappa shape index (κ3) is 3.05. The second kappa shape index (κ2) is 7.12. The normalized spacial score (nSPS) is 15.7. The maximum atomic E-state index is 13.1. The zero-order valence-electron chi connectivity index (χ0n) is 15.8. The van der Waals surface area contributed by atoms with Crippen LogP contribution in [0.4, 0.5) is 11.5 Å². The Bertz CT molecular complexity index is 1010. The number of benzene rings is 2. The van der Waals surface area contributed by atoms with Crippen molar-refractivity contribution in [2.75, 3.05) is 22.9 Å². The van der Waals surface area contributed by atoms with Crippen LogP contribution in [-0.4, -0.2) is 24.0 Å². The van der Waals surface area contributed by atoms with E-state index in [1.54, 1.807) is 6.20 Å². The number of aromatic nitrogens is 1. The minimum atomic E-state index is 0.0372. The van der Waals surface area contributed by atoms with E-state index in [2.05, 4.69) is 40.2 Å². The number of para-hydroxylation sites is 1. The van der Waals surface area contributed by atoms with Gasteiger partial charge in [0.2, 0.25) is 0 Å². The van der Waals surface area contributed by atoms with Crippen molar-refractivity contribution in [3.8, 4) is 0 Å². The second-order valence-corrected chi connectivity index (χ2v) is 7.53. The summed E-state index contributed by atoms with van der Waals surface area (Å²) in [6.07, 6.45) is 4.80. The summed E-state index contributed by atoms with van der Waals surface area (Å²) in [6, 6.07) is 20.7. The van der Waals surface area contributed by atoms with Crippen LogP contribution < -0.4 is 9.80 Å². The number of anilines is 2. The van der Waals surface area contributed by atoms with Gasteiger partial charge in [-0.2, -0.15) is 0 Å². The lowest BCUT2D eigenvalue weighted by molar-refractivity contribution is 0.0985. The maximum Gasteiger partial charge on any atom is 0.259 e. The van der Waals surface area contributed by atoms with Gasteiger partial charge in [0.05, 0.1) is 5.56 Å². The molecule has 0 fully saturated rings. The van der Waals surface area contributed by atoms with E-state index in [1.807, 2.05) is 35.2 Å². The second-order valence-electron chi connectivity index (χ2n) is 7.53. The molecule has 0 atom stereocenters. The number of aryl methyl sites for hydroxylation is 1. The number of amides is 1. The molecule has 1 aromatic heterocycles. The van der Waals surface area contributed by atoms with Crippen molar-refractivity contribution in [2.24, 2.45) is 0 Å². The molecule has 0 saturated carbocycles. The van der Waals surface area contributed by atoms with Crippen LogP contribution in [0, 0.1) is 0 Å². The van der Waals surface area contributed by atoms with Gasteiger partial charge in [-0.1, -0.05) is 42.5 Å². The Balaban J connectivity index is 1.36. The number of hydrogen-bond donors (Lipinski definition) is 0. The molecule has 1 amide bonds. The van der Waals surface area contributed by atoms with Crippen molar-refractivity contribution in [1.82, 2.24) is 4.98 Å². The average molecular weight is 369 g/mol. The van der Waals surface area contributed by atoms with Crippen molar-refractivity contribution >= 4 is 17.4 Å². The van der Waals surface area contributed by atoms with E-state index >= 15 is 0 Å². The molecule has 2 aliphatic rings. The Morgan fingerprint density at radius 1 is 0.821 bits per heavy atom.